The van der Waals surface area contributed by atoms with Gasteiger partial charge >= 0.3 is 0 Å². The quantitative estimate of drug-likeness (QED) is 0.717. The molecule has 0 aliphatic rings. The predicted molar refractivity (Wildman–Crippen MR) is 72.6 cm³/mol. The first-order valence-electron chi connectivity index (χ1n) is 5.68. The molecule has 2 heterocycles. The van der Waals surface area contributed by atoms with Crippen molar-refractivity contribution >= 4 is 33.5 Å². The zero-order valence-electron chi connectivity index (χ0n) is 9.60. The van der Waals surface area contributed by atoms with E-state index in [0.717, 1.165) is 22.1 Å². The highest BCUT2D eigenvalue weighted by atomic mass is 35.5. The molecule has 0 saturated heterocycles. The number of nitrogens with zero attached hydrogens (tertiary/aromatic N) is 3. The van der Waals surface area contributed by atoms with Gasteiger partial charge in [-0.3, -0.25) is 0 Å². The lowest BCUT2D eigenvalue weighted by Gasteiger charge is -2.03. The van der Waals surface area contributed by atoms with Crippen molar-refractivity contribution in [2.24, 2.45) is 5.73 Å². The van der Waals surface area contributed by atoms with Crippen molar-refractivity contribution in [3.63, 3.8) is 0 Å². The van der Waals surface area contributed by atoms with E-state index in [1.165, 1.54) is 0 Å². The van der Waals surface area contributed by atoms with Gasteiger partial charge in [0.15, 0.2) is 5.65 Å². The Kier molecular flexibility index (Phi) is 2.81. The highest BCUT2D eigenvalue weighted by Gasteiger charge is 2.04. The molecule has 0 unspecified atom stereocenters. The molecule has 0 saturated carbocycles. The van der Waals surface area contributed by atoms with E-state index in [4.69, 9.17) is 17.3 Å². The van der Waals surface area contributed by atoms with Crippen LogP contribution in [0.4, 0.5) is 0 Å². The number of benzene rings is 1. The Morgan fingerprint density at radius 2 is 2.00 bits per heavy atom. The maximum atomic E-state index is 5.96. The average Bonchev–Trinajstić information content (AvgIpc) is 2.36. The minimum Gasteiger partial charge on any atom is -0.330 e. The summed E-state index contributed by atoms with van der Waals surface area (Å²) in [6.07, 6.45) is 2.44. The topological polar surface area (TPSA) is 64.7 Å². The molecule has 18 heavy (non-hydrogen) atoms. The van der Waals surface area contributed by atoms with Crippen molar-refractivity contribution in [3.8, 4) is 0 Å². The summed E-state index contributed by atoms with van der Waals surface area (Å²) in [5.74, 6) is 0.721. The van der Waals surface area contributed by atoms with Gasteiger partial charge in [0.1, 0.15) is 5.82 Å². The van der Waals surface area contributed by atoms with Crippen LogP contribution in [-0.4, -0.2) is 21.5 Å². The van der Waals surface area contributed by atoms with Crippen LogP contribution in [0.25, 0.3) is 21.9 Å². The first-order chi connectivity index (χ1) is 8.76. The molecule has 2 N–H and O–H groups in total. The molecule has 0 aliphatic heterocycles. The van der Waals surface area contributed by atoms with Crippen molar-refractivity contribution in [3.05, 3.63) is 41.3 Å². The van der Waals surface area contributed by atoms with Crippen molar-refractivity contribution in [2.45, 2.75) is 6.42 Å². The fourth-order valence-electron chi connectivity index (χ4n) is 1.88. The molecule has 0 atom stereocenters. The van der Waals surface area contributed by atoms with Gasteiger partial charge in [-0.25, -0.2) is 15.0 Å². The van der Waals surface area contributed by atoms with Gasteiger partial charge < -0.3 is 5.73 Å². The standard InChI is InChI=1S/C13H11ClN4/c14-10-2-1-8-5-9-7-16-12(3-4-15)18-13(9)17-11(8)6-10/h1-2,5-7H,3-4,15H2. The molecular weight excluding hydrogens is 248 g/mol. The molecule has 0 fully saturated rings. The first kappa shape index (κ1) is 11.3. The monoisotopic (exact) mass is 258 g/mol. The Morgan fingerprint density at radius 3 is 2.83 bits per heavy atom. The second-order valence-electron chi connectivity index (χ2n) is 4.06. The lowest BCUT2D eigenvalue weighted by Crippen LogP contribution is -2.06. The van der Waals surface area contributed by atoms with Crippen LogP contribution in [0, 0.1) is 0 Å². The third-order valence-electron chi connectivity index (χ3n) is 2.74. The van der Waals surface area contributed by atoms with Crippen LogP contribution in [0.5, 0.6) is 0 Å². The summed E-state index contributed by atoms with van der Waals surface area (Å²) in [5, 5.41) is 2.62. The summed E-state index contributed by atoms with van der Waals surface area (Å²) in [4.78, 5) is 13.2. The van der Waals surface area contributed by atoms with Crippen molar-refractivity contribution in [1.82, 2.24) is 15.0 Å². The highest BCUT2D eigenvalue weighted by molar-refractivity contribution is 6.31. The molecule has 1 aromatic carbocycles. The number of rotatable bonds is 2. The Balaban J connectivity index is 2.25. The van der Waals surface area contributed by atoms with Gasteiger partial charge in [0.05, 0.1) is 5.52 Å². The molecule has 5 heteroatoms. The van der Waals surface area contributed by atoms with Crippen molar-refractivity contribution in [2.75, 3.05) is 6.54 Å². The summed E-state index contributed by atoms with van der Waals surface area (Å²) < 4.78 is 0. The fourth-order valence-corrected chi connectivity index (χ4v) is 2.04. The normalized spacial score (nSPS) is 11.2. The second kappa shape index (κ2) is 4.48. The molecule has 3 rings (SSSR count). The third kappa shape index (κ3) is 2.00. The van der Waals surface area contributed by atoms with E-state index in [2.05, 4.69) is 15.0 Å². The summed E-state index contributed by atoms with van der Waals surface area (Å²) in [5.41, 5.74) is 7.02. The molecule has 4 nitrogen and oxygen atoms in total. The molecule has 90 valence electrons. The van der Waals surface area contributed by atoms with Crippen LogP contribution in [0.1, 0.15) is 5.82 Å². The van der Waals surface area contributed by atoms with Gasteiger partial charge in [-0.1, -0.05) is 17.7 Å². The number of fused-ring (bicyclic) bond motifs is 2. The predicted octanol–water partition coefficient (Wildman–Crippen LogP) is 2.33. The van der Waals surface area contributed by atoms with Gasteiger partial charge in [0, 0.05) is 28.4 Å². The van der Waals surface area contributed by atoms with Crippen LogP contribution >= 0.6 is 11.6 Å². The smallest absolute Gasteiger partial charge is 0.163 e. The maximum Gasteiger partial charge on any atom is 0.163 e. The van der Waals surface area contributed by atoms with Crippen molar-refractivity contribution < 1.29 is 0 Å². The fraction of sp³-hybridized carbons (Fsp3) is 0.154. The maximum absolute atomic E-state index is 5.96. The third-order valence-corrected chi connectivity index (χ3v) is 2.98. The lowest BCUT2D eigenvalue weighted by molar-refractivity contribution is 0.876. The average molecular weight is 259 g/mol. The molecular formula is C13H11ClN4. The number of hydrogen-bond acceptors (Lipinski definition) is 4. The number of pyridine rings is 1. The van der Waals surface area contributed by atoms with Gasteiger partial charge in [-0.2, -0.15) is 0 Å². The van der Waals surface area contributed by atoms with Gasteiger partial charge in [0.2, 0.25) is 0 Å². The molecule has 0 radical (unpaired) electrons. The van der Waals surface area contributed by atoms with Crippen LogP contribution < -0.4 is 5.73 Å². The van der Waals surface area contributed by atoms with E-state index < -0.39 is 0 Å². The van der Waals surface area contributed by atoms with E-state index >= 15 is 0 Å². The van der Waals surface area contributed by atoms with E-state index in [0.29, 0.717) is 23.6 Å². The number of nitrogens with two attached hydrogens (primary N) is 1. The Morgan fingerprint density at radius 1 is 1.11 bits per heavy atom. The summed E-state index contributed by atoms with van der Waals surface area (Å²) in [7, 11) is 0. The van der Waals surface area contributed by atoms with Crippen molar-refractivity contribution in [1.29, 1.82) is 0 Å². The van der Waals surface area contributed by atoms with Gasteiger partial charge in [-0.15, -0.1) is 0 Å². The second-order valence-corrected chi connectivity index (χ2v) is 4.50. The molecule has 3 aromatic rings. The van der Waals surface area contributed by atoms with E-state index in [9.17, 15) is 0 Å². The number of hydrogen-bond donors (Lipinski definition) is 1. The minimum absolute atomic E-state index is 0.533. The molecule has 0 aliphatic carbocycles. The zero-order valence-corrected chi connectivity index (χ0v) is 10.4. The Hall–Kier alpha value is -1.78. The molecule has 2 aromatic heterocycles. The molecule has 0 spiro atoms. The van der Waals surface area contributed by atoms with E-state index in [-0.39, 0.29) is 0 Å². The highest BCUT2D eigenvalue weighted by Crippen LogP contribution is 2.21. The largest absolute Gasteiger partial charge is 0.330 e. The lowest BCUT2D eigenvalue weighted by atomic mass is 10.2. The first-order valence-corrected chi connectivity index (χ1v) is 6.06. The Bertz CT molecular complexity index is 727. The van der Waals surface area contributed by atoms with Crippen LogP contribution in [0.15, 0.2) is 30.5 Å². The number of aromatic nitrogens is 3. The van der Waals surface area contributed by atoms with Crippen LogP contribution in [0.2, 0.25) is 5.02 Å². The minimum atomic E-state index is 0.533. The zero-order chi connectivity index (χ0) is 12.5. The molecule has 0 amide bonds. The van der Waals surface area contributed by atoms with Gasteiger partial charge in [0.25, 0.3) is 0 Å². The van der Waals surface area contributed by atoms with E-state index in [1.54, 1.807) is 6.20 Å². The summed E-state index contributed by atoms with van der Waals surface area (Å²) in [6.45, 7) is 0.533. The number of halogens is 1. The van der Waals surface area contributed by atoms with Crippen LogP contribution in [0.3, 0.4) is 0 Å². The SMILES string of the molecule is NCCc1ncc2cc3ccc(Cl)cc3nc2n1. The van der Waals surface area contributed by atoms with E-state index in [1.807, 2.05) is 24.3 Å². The van der Waals surface area contributed by atoms with Crippen LogP contribution in [-0.2, 0) is 6.42 Å². The molecule has 0 bridgehead atoms. The Labute approximate surface area is 109 Å². The summed E-state index contributed by atoms with van der Waals surface area (Å²) >= 11 is 5.96. The summed E-state index contributed by atoms with van der Waals surface area (Å²) in [6, 6.07) is 7.64. The van der Waals surface area contributed by atoms with Gasteiger partial charge in [-0.05, 0) is 24.7 Å².